The standard InChI is InChI=1S/C14H12N4O2/c1-18-7-10(3-5-13(18)19)17-14(20)9-2-4-11-12(6-9)16-8-15-11/h2-8H,1H3,(H,15,16)(H,17,20). The number of anilines is 1. The Balaban J connectivity index is 1.88. The molecule has 0 unspecified atom stereocenters. The van der Waals surface area contributed by atoms with Gasteiger partial charge in [0, 0.05) is 24.9 Å². The lowest BCUT2D eigenvalue weighted by Gasteiger charge is -2.06. The van der Waals surface area contributed by atoms with E-state index in [1.165, 1.54) is 10.6 Å². The zero-order valence-corrected chi connectivity index (χ0v) is 10.8. The molecule has 3 aromatic rings. The highest BCUT2D eigenvalue weighted by Crippen LogP contribution is 2.13. The number of carbonyl (C=O) groups is 1. The number of pyridine rings is 1. The van der Waals surface area contributed by atoms with Gasteiger partial charge in [-0.1, -0.05) is 0 Å². The number of benzene rings is 1. The van der Waals surface area contributed by atoms with E-state index in [0.717, 1.165) is 11.0 Å². The number of nitrogens with zero attached hydrogens (tertiary/aromatic N) is 2. The lowest BCUT2D eigenvalue weighted by atomic mass is 10.2. The minimum absolute atomic E-state index is 0.123. The average molecular weight is 268 g/mol. The van der Waals surface area contributed by atoms with Crippen molar-refractivity contribution in [3.8, 4) is 0 Å². The van der Waals surface area contributed by atoms with E-state index >= 15 is 0 Å². The Morgan fingerprint density at radius 3 is 2.95 bits per heavy atom. The Bertz CT molecular complexity index is 848. The lowest BCUT2D eigenvalue weighted by molar-refractivity contribution is 0.102. The fraction of sp³-hybridized carbons (Fsp3) is 0.0714. The van der Waals surface area contributed by atoms with Crippen molar-refractivity contribution in [2.75, 3.05) is 5.32 Å². The van der Waals surface area contributed by atoms with Crippen LogP contribution >= 0.6 is 0 Å². The van der Waals surface area contributed by atoms with Crippen LogP contribution in [0.25, 0.3) is 11.0 Å². The molecule has 0 aliphatic carbocycles. The minimum Gasteiger partial charge on any atom is -0.345 e. The Kier molecular flexibility index (Phi) is 2.83. The van der Waals surface area contributed by atoms with Crippen LogP contribution in [-0.4, -0.2) is 20.4 Å². The van der Waals surface area contributed by atoms with Crippen molar-refractivity contribution in [2.45, 2.75) is 0 Å². The van der Waals surface area contributed by atoms with Gasteiger partial charge < -0.3 is 14.9 Å². The summed E-state index contributed by atoms with van der Waals surface area (Å²) in [5.74, 6) is -0.236. The van der Waals surface area contributed by atoms with Crippen LogP contribution in [0.4, 0.5) is 5.69 Å². The molecule has 100 valence electrons. The van der Waals surface area contributed by atoms with Gasteiger partial charge in [0.2, 0.25) is 5.56 Å². The first-order chi connectivity index (χ1) is 9.63. The molecule has 2 heterocycles. The van der Waals surface area contributed by atoms with Crippen molar-refractivity contribution in [1.29, 1.82) is 0 Å². The zero-order valence-electron chi connectivity index (χ0n) is 10.8. The monoisotopic (exact) mass is 268 g/mol. The summed E-state index contributed by atoms with van der Waals surface area (Å²) in [7, 11) is 1.63. The summed E-state index contributed by atoms with van der Waals surface area (Å²) in [6, 6.07) is 8.21. The van der Waals surface area contributed by atoms with E-state index in [-0.39, 0.29) is 11.5 Å². The molecule has 0 fully saturated rings. The molecule has 0 bridgehead atoms. The average Bonchev–Trinajstić information content (AvgIpc) is 2.90. The maximum Gasteiger partial charge on any atom is 0.255 e. The first-order valence-corrected chi connectivity index (χ1v) is 6.05. The number of carbonyl (C=O) groups excluding carboxylic acids is 1. The number of nitrogens with one attached hydrogen (secondary N) is 2. The largest absolute Gasteiger partial charge is 0.345 e. The molecule has 1 amide bonds. The fourth-order valence-corrected chi connectivity index (χ4v) is 1.95. The minimum atomic E-state index is -0.236. The normalized spacial score (nSPS) is 10.7. The number of rotatable bonds is 2. The SMILES string of the molecule is Cn1cc(NC(=O)c2ccc3nc[nH]c3c2)ccc1=O. The molecule has 2 N–H and O–H groups in total. The molecule has 0 radical (unpaired) electrons. The topological polar surface area (TPSA) is 79.8 Å². The van der Waals surface area contributed by atoms with Gasteiger partial charge in [-0.3, -0.25) is 9.59 Å². The van der Waals surface area contributed by atoms with E-state index in [1.54, 1.807) is 43.8 Å². The number of aromatic nitrogens is 3. The Morgan fingerprint density at radius 2 is 2.15 bits per heavy atom. The van der Waals surface area contributed by atoms with Crippen LogP contribution in [0, 0.1) is 0 Å². The Morgan fingerprint density at radius 1 is 1.30 bits per heavy atom. The van der Waals surface area contributed by atoms with Gasteiger partial charge >= 0.3 is 0 Å². The highest BCUT2D eigenvalue weighted by molar-refractivity contribution is 6.05. The van der Waals surface area contributed by atoms with E-state index < -0.39 is 0 Å². The smallest absolute Gasteiger partial charge is 0.255 e. The van der Waals surface area contributed by atoms with Crippen molar-refractivity contribution in [2.24, 2.45) is 7.05 Å². The van der Waals surface area contributed by atoms with E-state index in [0.29, 0.717) is 11.3 Å². The third-order valence-electron chi connectivity index (χ3n) is 3.03. The second kappa shape index (κ2) is 4.65. The van der Waals surface area contributed by atoms with Gasteiger partial charge in [0.15, 0.2) is 0 Å². The second-order valence-electron chi connectivity index (χ2n) is 4.46. The van der Waals surface area contributed by atoms with Gasteiger partial charge in [0.05, 0.1) is 23.0 Å². The van der Waals surface area contributed by atoms with Gasteiger partial charge in [0.25, 0.3) is 5.91 Å². The van der Waals surface area contributed by atoms with Gasteiger partial charge in [-0.25, -0.2) is 4.98 Å². The van der Waals surface area contributed by atoms with E-state index in [1.807, 2.05) is 0 Å². The summed E-state index contributed by atoms with van der Waals surface area (Å²) >= 11 is 0. The van der Waals surface area contributed by atoms with Crippen LogP contribution in [0.5, 0.6) is 0 Å². The quantitative estimate of drug-likeness (QED) is 0.739. The van der Waals surface area contributed by atoms with E-state index in [9.17, 15) is 9.59 Å². The van der Waals surface area contributed by atoms with Crippen molar-refractivity contribution in [3.05, 3.63) is 58.8 Å². The summed E-state index contributed by atoms with van der Waals surface area (Å²) < 4.78 is 1.41. The number of aryl methyl sites for hydroxylation is 1. The number of fused-ring (bicyclic) bond motifs is 1. The van der Waals surface area contributed by atoms with Crippen LogP contribution in [-0.2, 0) is 7.05 Å². The molecular formula is C14H12N4O2. The van der Waals surface area contributed by atoms with Crippen molar-refractivity contribution >= 4 is 22.6 Å². The molecule has 20 heavy (non-hydrogen) atoms. The molecular weight excluding hydrogens is 256 g/mol. The molecule has 0 aliphatic heterocycles. The highest BCUT2D eigenvalue weighted by atomic mass is 16.1. The summed E-state index contributed by atoms with van der Waals surface area (Å²) in [6.07, 6.45) is 3.16. The number of hydrogen-bond acceptors (Lipinski definition) is 3. The molecule has 6 heteroatoms. The van der Waals surface area contributed by atoms with Crippen molar-refractivity contribution in [1.82, 2.24) is 14.5 Å². The van der Waals surface area contributed by atoms with Crippen LogP contribution in [0.1, 0.15) is 10.4 Å². The molecule has 0 saturated carbocycles. The van der Waals surface area contributed by atoms with Crippen LogP contribution in [0.3, 0.4) is 0 Å². The van der Waals surface area contributed by atoms with E-state index in [4.69, 9.17) is 0 Å². The van der Waals surface area contributed by atoms with Gasteiger partial charge in [-0.05, 0) is 24.3 Å². The summed E-state index contributed by atoms with van der Waals surface area (Å²) in [6.45, 7) is 0. The summed E-state index contributed by atoms with van der Waals surface area (Å²) in [5, 5.41) is 2.75. The lowest BCUT2D eigenvalue weighted by Crippen LogP contribution is -2.17. The Labute approximate surface area is 114 Å². The number of H-pyrrole nitrogens is 1. The molecule has 2 aromatic heterocycles. The predicted octanol–water partition coefficient (Wildman–Crippen LogP) is 1.51. The van der Waals surface area contributed by atoms with E-state index in [2.05, 4.69) is 15.3 Å². The van der Waals surface area contributed by atoms with Crippen LogP contribution < -0.4 is 10.9 Å². The number of aromatic amines is 1. The highest BCUT2D eigenvalue weighted by Gasteiger charge is 2.08. The molecule has 1 aromatic carbocycles. The zero-order chi connectivity index (χ0) is 14.1. The van der Waals surface area contributed by atoms with Crippen LogP contribution in [0.15, 0.2) is 47.7 Å². The first-order valence-electron chi connectivity index (χ1n) is 6.05. The van der Waals surface area contributed by atoms with Crippen LogP contribution in [0.2, 0.25) is 0 Å². The first kappa shape index (κ1) is 12.2. The number of amides is 1. The summed E-state index contributed by atoms with van der Waals surface area (Å²) in [4.78, 5) is 30.5. The maximum atomic E-state index is 12.1. The molecule has 0 atom stereocenters. The van der Waals surface area contributed by atoms with Gasteiger partial charge in [0.1, 0.15) is 0 Å². The summed E-state index contributed by atoms with van der Waals surface area (Å²) in [5.41, 5.74) is 2.58. The second-order valence-corrected chi connectivity index (χ2v) is 4.46. The number of imidazole rings is 1. The number of hydrogen-bond donors (Lipinski definition) is 2. The fourth-order valence-electron chi connectivity index (χ4n) is 1.95. The molecule has 0 spiro atoms. The van der Waals surface area contributed by atoms with Gasteiger partial charge in [-0.2, -0.15) is 0 Å². The van der Waals surface area contributed by atoms with Crippen molar-refractivity contribution in [3.63, 3.8) is 0 Å². The third-order valence-corrected chi connectivity index (χ3v) is 3.03. The van der Waals surface area contributed by atoms with Gasteiger partial charge in [-0.15, -0.1) is 0 Å². The molecule has 0 saturated heterocycles. The maximum absolute atomic E-state index is 12.1. The third kappa shape index (κ3) is 2.18. The Hall–Kier alpha value is -2.89. The predicted molar refractivity (Wildman–Crippen MR) is 75.7 cm³/mol. The molecule has 0 aliphatic rings. The van der Waals surface area contributed by atoms with Crippen molar-refractivity contribution < 1.29 is 4.79 Å². The molecule has 3 rings (SSSR count). The molecule has 6 nitrogen and oxygen atoms in total.